The van der Waals surface area contributed by atoms with Gasteiger partial charge in [-0.25, -0.2) is 4.79 Å². The highest BCUT2D eigenvalue weighted by atomic mass is 16.4. The van der Waals surface area contributed by atoms with Gasteiger partial charge in [-0.3, -0.25) is 14.6 Å². The number of nitrogens with zero attached hydrogens (tertiary/aromatic N) is 2. The van der Waals surface area contributed by atoms with Crippen molar-refractivity contribution in [2.24, 2.45) is 5.92 Å². The molecule has 3 atom stereocenters. The molecule has 32 heavy (non-hydrogen) atoms. The minimum Gasteiger partial charge on any atom is -0.477 e. The summed E-state index contributed by atoms with van der Waals surface area (Å²) >= 11 is 0. The Labute approximate surface area is 184 Å². The molecule has 0 unspecified atom stereocenters. The van der Waals surface area contributed by atoms with E-state index in [0.717, 1.165) is 11.1 Å². The van der Waals surface area contributed by atoms with E-state index in [4.69, 9.17) is 0 Å². The number of aromatic nitrogens is 1. The van der Waals surface area contributed by atoms with Gasteiger partial charge in [0.2, 0.25) is 11.8 Å². The van der Waals surface area contributed by atoms with Crippen LogP contribution in [0.2, 0.25) is 0 Å². The van der Waals surface area contributed by atoms with Gasteiger partial charge in [-0.2, -0.15) is 0 Å². The first-order chi connectivity index (χ1) is 15.4. The molecule has 9 nitrogen and oxygen atoms in total. The number of benzene rings is 1. The zero-order valence-corrected chi connectivity index (χ0v) is 17.5. The molecule has 3 heterocycles. The fraction of sp³-hybridized carbons (Fsp3) is 0.304. The summed E-state index contributed by atoms with van der Waals surface area (Å²) in [4.78, 5) is 41.4. The van der Waals surface area contributed by atoms with Crippen molar-refractivity contribution in [3.05, 3.63) is 65.6 Å². The van der Waals surface area contributed by atoms with Crippen molar-refractivity contribution < 1.29 is 24.6 Å². The summed E-state index contributed by atoms with van der Waals surface area (Å²) in [6.07, 6.45) is 2.78. The van der Waals surface area contributed by atoms with Gasteiger partial charge in [0.25, 0.3) is 0 Å². The molecule has 1 fully saturated rings. The van der Waals surface area contributed by atoms with Gasteiger partial charge in [0, 0.05) is 12.7 Å². The first-order valence-corrected chi connectivity index (χ1v) is 10.3. The maximum absolute atomic E-state index is 12.3. The topological polar surface area (TPSA) is 132 Å². The molecule has 0 radical (unpaired) electrons. The lowest BCUT2D eigenvalue weighted by Gasteiger charge is -2.44. The summed E-state index contributed by atoms with van der Waals surface area (Å²) in [5.74, 6) is -2.24. The molecule has 2 aliphatic heterocycles. The smallest absolute Gasteiger partial charge is 0.352 e. The number of carbonyl (C=O) groups excluding carboxylic acids is 2. The highest BCUT2D eigenvalue weighted by Gasteiger charge is 2.56. The van der Waals surface area contributed by atoms with Crippen molar-refractivity contribution in [1.29, 1.82) is 0 Å². The number of aliphatic hydroxyl groups excluding tert-OH is 1. The van der Waals surface area contributed by atoms with E-state index >= 15 is 0 Å². The summed E-state index contributed by atoms with van der Waals surface area (Å²) in [5.41, 5.74) is 2.87. The highest BCUT2D eigenvalue weighted by molar-refractivity contribution is 6.06. The molecule has 9 heteroatoms. The third kappa shape index (κ3) is 4.12. The quantitative estimate of drug-likeness (QED) is 0.458. The number of aliphatic hydroxyl groups is 1. The largest absolute Gasteiger partial charge is 0.477 e. The van der Waals surface area contributed by atoms with Crippen molar-refractivity contribution in [3.8, 4) is 0 Å². The van der Waals surface area contributed by atoms with E-state index in [2.05, 4.69) is 15.6 Å². The molecule has 0 aliphatic carbocycles. The molecular formula is C23H24N4O5. The van der Waals surface area contributed by atoms with Gasteiger partial charge < -0.3 is 25.7 Å². The number of rotatable bonds is 8. The first-order valence-electron chi connectivity index (χ1n) is 10.3. The van der Waals surface area contributed by atoms with Crippen LogP contribution in [0.25, 0.3) is 5.57 Å². The first kappa shape index (κ1) is 21.7. The van der Waals surface area contributed by atoms with Gasteiger partial charge in [0.05, 0.1) is 36.5 Å². The normalized spacial score (nSPS) is 20.6. The number of aliphatic carboxylic acids is 1. The molecule has 0 saturated carbocycles. The van der Waals surface area contributed by atoms with Crippen LogP contribution in [0.3, 0.4) is 0 Å². The van der Waals surface area contributed by atoms with Crippen LogP contribution in [-0.2, 0) is 20.9 Å². The Hall–Kier alpha value is -3.56. The van der Waals surface area contributed by atoms with Crippen molar-refractivity contribution in [3.63, 3.8) is 0 Å². The van der Waals surface area contributed by atoms with Crippen LogP contribution in [-0.4, -0.2) is 56.6 Å². The summed E-state index contributed by atoms with van der Waals surface area (Å²) < 4.78 is 0. The molecule has 2 aromatic rings. The molecule has 4 rings (SSSR count). The number of β-lactam (4-membered cyclic amide) rings is 1. The van der Waals surface area contributed by atoms with E-state index in [1.165, 1.54) is 4.90 Å². The van der Waals surface area contributed by atoms with Crippen LogP contribution in [0.5, 0.6) is 0 Å². The van der Waals surface area contributed by atoms with Crippen LogP contribution in [0.1, 0.15) is 24.5 Å². The second-order valence-electron chi connectivity index (χ2n) is 7.97. The minimum atomic E-state index is -1.15. The second kappa shape index (κ2) is 8.89. The molecule has 0 bridgehead atoms. The van der Waals surface area contributed by atoms with Crippen LogP contribution < -0.4 is 10.6 Å². The number of carbonyl (C=O) groups is 3. The molecule has 2 aliphatic rings. The molecule has 4 N–H and O–H groups in total. The summed E-state index contributed by atoms with van der Waals surface area (Å²) in [7, 11) is 0. The van der Waals surface area contributed by atoms with E-state index in [9.17, 15) is 24.6 Å². The summed E-state index contributed by atoms with van der Waals surface area (Å²) in [6.45, 7) is 2.14. The standard InChI is InChI=1S/C23H24N4O5/c1-13(28)20-18-9-17(21(23(31)32)27(18)22(20)30)15-6-4-14(5-7-15)10-25-12-19(29)26-16-3-2-8-24-11-16/h2-8,11,13,18,20,25,28H,9-10,12H2,1H3,(H,26,29)(H,31,32)/t13-,18-,20-/m1/s1. The highest BCUT2D eigenvalue weighted by Crippen LogP contribution is 2.46. The SMILES string of the molecule is C[C@@H](O)[C@H]1C(=O)N2C(C(=O)O)=C(c3ccc(CNCC(=O)Nc4cccnc4)cc3)C[C@H]12. The van der Waals surface area contributed by atoms with Crippen LogP contribution in [0, 0.1) is 5.92 Å². The molecule has 1 saturated heterocycles. The Morgan fingerprint density at radius 1 is 1.25 bits per heavy atom. The lowest BCUT2D eigenvalue weighted by molar-refractivity contribution is -0.161. The van der Waals surface area contributed by atoms with Gasteiger partial charge in [0.1, 0.15) is 5.70 Å². The number of nitrogens with one attached hydrogen (secondary N) is 2. The number of pyridine rings is 1. The van der Waals surface area contributed by atoms with E-state index in [-0.39, 0.29) is 30.1 Å². The molecule has 166 valence electrons. The third-order valence-electron chi connectivity index (χ3n) is 5.79. The van der Waals surface area contributed by atoms with E-state index in [1.807, 2.05) is 24.3 Å². The van der Waals surface area contributed by atoms with Crippen molar-refractivity contribution >= 4 is 29.0 Å². The fourth-order valence-corrected chi connectivity index (χ4v) is 4.31. The average Bonchev–Trinajstić information content (AvgIpc) is 3.10. The van der Waals surface area contributed by atoms with Crippen molar-refractivity contribution in [1.82, 2.24) is 15.2 Å². The summed E-state index contributed by atoms with van der Waals surface area (Å²) in [6, 6.07) is 10.5. The summed E-state index contributed by atoms with van der Waals surface area (Å²) in [5, 5.41) is 25.3. The lowest BCUT2D eigenvalue weighted by atomic mass is 9.82. The van der Waals surface area contributed by atoms with Crippen LogP contribution in [0.15, 0.2) is 54.5 Å². The Morgan fingerprint density at radius 3 is 2.62 bits per heavy atom. The maximum atomic E-state index is 12.3. The zero-order chi connectivity index (χ0) is 22.8. The predicted molar refractivity (Wildman–Crippen MR) is 116 cm³/mol. The Kier molecular flexibility index (Phi) is 6.02. The molecule has 2 amide bonds. The number of anilines is 1. The van der Waals surface area contributed by atoms with Crippen molar-refractivity contribution in [2.75, 3.05) is 11.9 Å². The minimum absolute atomic E-state index is 0.00477. The van der Waals surface area contributed by atoms with E-state index in [1.54, 1.807) is 31.5 Å². The second-order valence-corrected chi connectivity index (χ2v) is 7.97. The fourth-order valence-electron chi connectivity index (χ4n) is 4.31. The average molecular weight is 436 g/mol. The maximum Gasteiger partial charge on any atom is 0.352 e. The Balaban J connectivity index is 1.38. The predicted octanol–water partition coefficient (Wildman–Crippen LogP) is 1.22. The molecule has 1 aromatic carbocycles. The zero-order valence-electron chi connectivity index (χ0n) is 17.5. The lowest BCUT2D eigenvalue weighted by Crippen LogP contribution is -2.61. The Morgan fingerprint density at radius 2 is 2.00 bits per heavy atom. The monoisotopic (exact) mass is 436 g/mol. The van der Waals surface area contributed by atoms with Crippen LogP contribution in [0.4, 0.5) is 5.69 Å². The van der Waals surface area contributed by atoms with Gasteiger partial charge >= 0.3 is 5.97 Å². The number of amides is 2. The number of hydrogen-bond donors (Lipinski definition) is 4. The number of carboxylic acids is 1. The molecular weight excluding hydrogens is 412 g/mol. The van der Waals surface area contributed by atoms with Gasteiger partial charge in [-0.15, -0.1) is 0 Å². The number of hydrogen-bond acceptors (Lipinski definition) is 6. The molecule has 1 aromatic heterocycles. The van der Waals surface area contributed by atoms with E-state index in [0.29, 0.717) is 24.2 Å². The van der Waals surface area contributed by atoms with Crippen LogP contribution >= 0.6 is 0 Å². The Bertz CT molecular complexity index is 1070. The van der Waals surface area contributed by atoms with Gasteiger partial charge in [0.15, 0.2) is 0 Å². The molecule has 0 spiro atoms. The number of carboxylic acid groups (broad SMARTS) is 1. The van der Waals surface area contributed by atoms with Crippen molar-refractivity contribution in [2.45, 2.75) is 32.0 Å². The third-order valence-corrected chi connectivity index (χ3v) is 5.79. The van der Waals surface area contributed by atoms with E-state index < -0.39 is 18.0 Å². The van der Waals surface area contributed by atoms with Gasteiger partial charge in [-0.05, 0) is 42.2 Å². The van der Waals surface area contributed by atoms with Gasteiger partial charge in [-0.1, -0.05) is 24.3 Å². The number of fused-ring (bicyclic) bond motifs is 1.